The number of halogens is 1. The average molecular weight is 492 g/mol. The van der Waals surface area contributed by atoms with E-state index in [1.165, 1.54) is 12.1 Å². The average Bonchev–Trinajstić information content (AvgIpc) is 3.48. The highest BCUT2D eigenvalue weighted by Crippen LogP contribution is 2.28. The van der Waals surface area contributed by atoms with Crippen LogP contribution in [0.3, 0.4) is 0 Å². The van der Waals surface area contributed by atoms with Crippen molar-refractivity contribution in [1.82, 2.24) is 10.2 Å². The largest absolute Gasteiger partial charge is 0.371 e. The molecule has 1 atom stereocenters. The number of nitrogens with one attached hydrogen (secondary N) is 1. The predicted octanol–water partition coefficient (Wildman–Crippen LogP) is 4.10. The number of nitrogens with zero attached hydrogens (tertiary/aromatic N) is 2. The summed E-state index contributed by atoms with van der Waals surface area (Å²) in [5.74, 6) is 0.0186. The first kappa shape index (κ1) is 24.6. The van der Waals surface area contributed by atoms with Crippen LogP contribution in [-0.4, -0.2) is 61.1 Å². The minimum absolute atomic E-state index is 0.0374. The van der Waals surface area contributed by atoms with Gasteiger partial charge < -0.3 is 15.1 Å². The van der Waals surface area contributed by atoms with Crippen molar-refractivity contribution in [2.45, 2.75) is 44.6 Å². The molecule has 3 aliphatic rings. The number of ketones is 2. The number of amides is 1. The van der Waals surface area contributed by atoms with Crippen LogP contribution in [0.15, 0.2) is 48.5 Å². The van der Waals surface area contributed by atoms with E-state index in [2.05, 4.69) is 10.2 Å². The number of piperidine rings is 2. The lowest BCUT2D eigenvalue weighted by atomic mass is 9.88. The molecule has 2 aromatic rings. The molecule has 0 radical (unpaired) electrons. The Morgan fingerprint density at radius 2 is 1.25 bits per heavy atom. The molecule has 190 valence electrons. The molecule has 0 saturated carbocycles. The highest BCUT2D eigenvalue weighted by molar-refractivity contribution is 5.99. The Bertz CT molecular complexity index is 1080. The van der Waals surface area contributed by atoms with Crippen molar-refractivity contribution in [3.63, 3.8) is 0 Å². The first-order valence-electron chi connectivity index (χ1n) is 13.2. The lowest BCUT2D eigenvalue weighted by Gasteiger charge is -2.34. The number of carbonyl (C=O) groups is 3. The van der Waals surface area contributed by atoms with Crippen molar-refractivity contribution in [1.29, 1.82) is 0 Å². The van der Waals surface area contributed by atoms with Crippen molar-refractivity contribution in [3.8, 4) is 0 Å². The maximum atomic E-state index is 13.2. The number of likely N-dealkylation sites (tertiary alicyclic amines) is 1. The maximum absolute atomic E-state index is 13.2. The molecule has 3 saturated heterocycles. The molecule has 0 bridgehead atoms. The second-order valence-electron chi connectivity index (χ2n) is 10.3. The summed E-state index contributed by atoms with van der Waals surface area (Å²) < 4.78 is 13.2. The topological polar surface area (TPSA) is 69.7 Å². The zero-order chi connectivity index (χ0) is 25.1. The minimum atomic E-state index is -0.333. The van der Waals surface area contributed by atoms with Crippen molar-refractivity contribution in [3.05, 3.63) is 65.5 Å². The fourth-order valence-corrected chi connectivity index (χ4v) is 5.80. The van der Waals surface area contributed by atoms with Crippen LogP contribution in [0.4, 0.5) is 10.1 Å². The van der Waals surface area contributed by atoms with E-state index in [0.29, 0.717) is 31.5 Å². The van der Waals surface area contributed by atoms with E-state index in [4.69, 9.17) is 0 Å². The monoisotopic (exact) mass is 491 g/mol. The van der Waals surface area contributed by atoms with Crippen LogP contribution in [0.1, 0.15) is 59.2 Å². The van der Waals surface area contributed by atoms with Gasteiger partial charge in [0, 0.05) is 54.8 Å². The Morgan fingerprint density at radius 1 is 0.722 bits per heavy atom. The van der Waals surface area contributed by atoms with Crippen LogP contribution in [0.25, 0.3) is 0 Å². The molecule has 7 heteroatoms. The fraction of sp³-hybridized carbons (Fsp3) is 0.483. The molecule has 0 aliphatic carbocycles. The summed E-state index contributed by atoms with van der Waals surface area (Å²) in [4.78, 5) is 42.6. The second-order valence-corrected chi connectivity index (χ2v) is 10.3. The van der Waals surface area contributed by atoms with Gasteiger partial charge in [0.05, 0.1) is 6.04 Å². The molecule has 3 heterocycles. The number of hydrogen-bond donors (Lipinski definition) is 1. The fourth-order valence-electron chi connectivity index (χ4n) is 5.80. The van der Waals surface area contributed by atoms with E-state index in [-0.39, 0.29) is 41.2 Å². The van der Waals surface area contributed by atoms with Crippen LogP contribution in [-0.2, 0) is 4.79 Å². The van der Waals surface area contributed by atoms with Crippen LogP contribution in [0.5, 0.6) is 0 Å². The van der Waals surface area contributed by atoms with Gasteiger partial charge in [-0.25, -0.2) is 4.39 Å². The lowest BCUT2D eigenvalue weighted by Crippen LogP contribution is -2.47. The quantitative estimate of drug-likeness (QED) is 0.617. The third-order valence-electron chi connectivity index (χ3n) is 8.05. The van der Waals surface area contributed by atoms with Gasteiger partial charge in [0.1, 0.15) is 5.82 Å². The van der Waals surface area contributed by atoms with Gasteiger partial charge in [0.2, 0.25) is 5.91 Å². The number of Topliss-reactive ketones (excluding diaryl/α,β-unsaturated/α-hetero) is 2. The Hall–Kier alpha value is -3.06. The van der Waals surface area contributed by atoms with Gasteiger partial charge >= 0.3 is 0 Å². The summed E-state index contributed by atoms with van der Waals surface area (Å²) in [6.45, 7) is 3.75. The highest BCUT2D eigenvalue weighted by atomic mass is 19.1. The van der Waals surface area contributed by atoms with Gasteiger partial charge in [0.25, 0.3) is 0 Å². The van der Waals surface area contributed by atoms with Gasteiger partial charge in [0.15, 0.2) is 11.6 Å². The van der Waals surface area contributed by atoms with E-state index in [1.54, 1.807) is 12.1 Å². The van der Waals surface area contributed by atoms with Gasteiger partial charge in [-0.3, -0.25) is 14.4 Å². The Kier molecular flexibility index (Phi) is 7.46. The second kappa shape index (κ2) is 10.9. The molecule has 5 rings (SSSR count). The van der Waals surface area contributed by atoms with Crippen molar-refractivity contribution >= 4 is 23.2 Å². The number of anilines is 1. The van der Waals surface area contributed by atoms with Gasteiger partial charge in [-0.05, 0) is 93.6 Å². The number of hydrogen-bond acceptors (Lipinski definition) is 5. The molecule has 2 aromatic carbocycles. The Morgan fingerprint density at radius 3 is 1.78 bits per heavy atom. The smallest absolute Gasteiger partial charge is 0.239 e. The maximum Gasteiger partial charge on any atom is 0.239 e. The standard InChI is InChI=1S/C29H34FN3O3/c30-24-7-3-20(4-8-24)27(34)22-11-16-32(17-12-22)25-9-5-21(6-10-25)28(35)23-13-18-33(19-14-23)29(36)26-2-1-15-31-26/h3-10,22-23,26,31H,1-2,11-19H2/t26-/m0/s1. The molecule has 0 unspecified atom stereocenters. The van der Waals surface area contributed by atoms with E-state index < -0.39 is 0 Å². The number of carbonyl (C=O) groups excluding carboxylic acids is 3. The van der Waals surface area contributed by atoms with Crippen LogP contribution in [0, 0.1) is 17.7 Å². The highest BCUT2D eigenvalue weighted by Gasteiger charge is 2.32. The molecule has 36 heavy (non-hydrogen) atoms. The van der Waals surface area contributed by atoms with Crippen LogP contribution >= 0.6 is 0 Å². The summed E-state index contributed by atoms with van der Waals surface area (Å²) >= 11 is 0. The van der Waals surface area contributed by atoms with Gasteiger partial charge in [-0.1, -0.05) is 0 Å². The van der Waals surface area contributed by atoms with Crippen LogP contribution in [0.2, 0.25) is 0 Å². The summed E-state index contributed by atoms with van der Waals surface area (Å²) in [6.07, 6.45) is 4.90. The zero-order valence-corrected chi connectivity index (χ0v) is 20.6. The molecule has 3 aliphatic heterocycles. The molecular weight excluding hydrogens is 457 g/mol. The summed E-state index contributed by atoms with van der Waals surface area (Å²) in [7, 11) is 0. The third kappa shape index (κ3) is 5.36. The van der Waals surface area contributed by atoms with Crippen molar-refractivity contribution in [2.75, 3.05) is 37.6 Å². The first-order valence-corrected chi connectivity index (χ1v) is 13.2. The number of benzene rings is 2. The molecule has 6 nitrogen and oxygen atoms in total. The molecule has 3 fully saturated rings. The molecule has 1 N–H and O–H groups in total. The number of rotatable bonds is 6. The van der Waals surface area contributed by atoms with Gasteiger partial charge in [-0.2, -0.15) is 0 Å². The first-order chi connectivity index (χ1) is 17.5. The van der Waals surface area contributed by atoms with Crippen molar-refractivity contribution < 1.29 is 18.8 Å². The normalized spacial score (nSPS) is 21.5. The minimum Gasteiger partial charge on any atom is -0.371 e. The van der Waals surface area contributed by atoms with Crippen LogP contribution < -0.4 is 10.2 Å². The SMILES string of the molecule is O=C(c1ccc(N2CCC(C(=O)c3ccc(F)cc3)CC2)cc1)C1CCN(C(=O)[C@@H]2CCCN2)CC1. The lowest BCUT2D eigenvalue weighted by molar-refractivity contribution is -0.134. The summed E-state index contributed by atoms with van der Waals surface area (Å²) in [6, 6.07) is 13.6. The third-order valence-corrected chi connectivity index (χ3v) is 8.05. The summed E-state index contributed by atoms with van der Waals surface area (Å²) in [5, 5.41) is 3.27. The summed E-state index contributed by atoms with van der Waals surface area (Å²) in [5.41, 5.74) is 2.36. The van der Waals surface area contributed by atoms with E-state index in [1.807, 2.05) is 29.2 Å². The molecular formula is C29H34FN3O3. The van der Waals surface area contributed by atoms with E-state index in [9.17, 15) is 18.8 Å². The molecule has 1 amide bonds. The Balaban J connectivity index is 1.11. The predicted molar refractivity (Wildman–Crippen MR) is 137 cm³/mol. The molecule has 0 aromatic heterocycles. The van der Waals surface area contributed by atoms with Gasteiger partial charge in [-0.15, -0.1) is 0 Å². The molecule has 0 spiro atoms. The Labute approximate surface area is 211 Å². The van der Waals surface area contributed by atoms with E-state index >= 15 is 0 Å². The van der Waals surface area contributed by atoms with Crippen molar-refractivity contribution in [2.24, 2.45) is 11.8 Å². The van der Waals surface area contributed by atoms with E-state index in [0.717, 1.165) is 56.6 Å². The zero-order valence-electron chi connectivity index (χ0n) is 20.6.